The van der Waals surface area contributed by atoms with Crippen LogP contribution >= 0.6 is 11.8 Å². The van der Waals surface area contributed by atoms with Gasteiger partial charge in [-0.05, 0) is 24.3 Å². The SMILES string of the molecule is CN(C)C(=O)c1cccc(NC(=O)CSc2nc(C(F)(F)F)nc3ccccc23)c1. The van der Waals surface area contributed by atoms with Crippen LogP contribution in [-0.2, 0) is 11.0 Å². The third-order valence-electron chi connectivity index (χ3n) is 3.96. The van der Waals surface area contributed by atoms with Crippen molar-refractivity contribution in [1.29, 1.82) is 0 Å². The monoisotopic (exact) mass is 434 g/mol. The Balaban J connectivity index is 1.76. The Bertz CT molecular complexity index is 1100. The van der Waals surface area contributed by atoms with Gasteiger partial charge in [-0.1, -0.05) is 36.0 Å². The molecule has 1 aromatic heterocycles. The van der Waals surface area contributed by atoms with E-state index < -0.39 is 17.9 Å². The second kappa shape index (κ2) is 8.70. The zero-order valence-corrected chi connectivity index (χ0v) is 16.8. The van der Waals surface area contributed by atoms with Gasteiger partial charge in [0.25, 0.3) is 5.91 Å². The standard InChI is InChI=1S/C20H17F3N4O2S/c1-27(2)18(29)12-6-5-7-13(10-12)24-16(28)11-30-17-14-8-3-4-9-15(14)25-19(26-17)20(21,22)23/h3-10H,11H2,1-2H3,(H,24,28). The molecule has 30 heavy (non-hydrogen) atoms. The molecule has 6 nitrogen and oxygen atoms in total. The van der Waals surface area contributed by atoms with Crippen LogP contribution in [0.1, 0.15) is 16.2 Å². The van der Waals surface area contributed by atoms with Crippen LogP contribution in [0.5, 0.6) is 0 Å². The van der Waals surface area contributed by atoms with Crippen LogP contribution in [0.2, 0.25) is 0 Å². The van der Waals surface area contributed by atoms with Gasteiger partial charge in [0.05, 0.1) is 11.3 Å². The average molecular weight is 434 g/mol. The molecule has 0 radical (unpaired) electrons. The highest BCUT2D eigenvalue weighted by molar-refractivity contribution is 8.00. The number of aromatic nitrogens is 2. The Morgan fingerprint density at radius 3 is 2.50 bits per heavy atom. The van der Waals surface area contributed by atoms with Crippen molar-refractivity contribution in [2.45, 2.75) is 11.2 Å². The van der Waals surface area contributed by atoms with E-state index in [1.807, 2.05) is 0 Å². The van der Waals surface area contributed by atoms with Crippen LogP contribution in [0.4, 0.5) is 18.9 Å². The molecule has 3 rings (SSSR count). The molecule has 0 fully saturated rings. The number of anilines is 1. The van der Waals surface area contributed by atoms with Crippen LogP contribution in [0.25, 0.3) is 10.9 Å². The van der Waals surface area contributed by atoms with Gasteiger partial charge in [-0.2, -0.15) is 13.2 Å². The van der Waals surface area contributed by atoms with Crippen LogP contribution in [0.15, 0.2) is 53.6 Å². The number of carbonyl (C=O) groups excluding carboxylic acids is 2. The van der Waals surface area contributed by atoms with Crippen molar-refractivity contribution in [1.82, 2.24) is 14.9 Å². The fraction of sp³-hybridized carbons (Fsp3) is 0.200. The number of hydrogen-bond acceptors (Lipinski definition) is 5. The number of thioether (sulfide) groups is 1. The van der Waals surface area contributed by atoms with E-state index in [2.05, 4.69) is 15.3 Å². The summed E-state index contributed by atoms with van der Waals surface area (Å²) < 4.78 is 39.3. The molecule has 3 aromatic rings. The zero-order valence-electron chi connectivity index (χ0n) is 16.0. The fourth-order valence-corrected chi connectivity index (χ4v) is 3.42. The molecule has 2 aromatic carbocycles. The highest BCUT2D eigenvalue weighted by atomic mass is 32.2. The van der Waals surface area contributed by atoms with Crippen LogP contribution in [0.3, 0.4) is 0 Å². The molecular formula is C20H17F3N4O2S. The summed E-state index contributed by atoms with van der Waals surface area (Å²) in [5.41, 5.74) is 0.969. The number of rotatable bonds is 5. The van der Waals surface area contributed by atoms with Gasteiger partial charge in [-0.15, -0.1) is 0 Å². The van der Waals surface area contributed by atoms with E-state index in [1.165, 1.54) is 17.0 Å². The number of benzene rings is 2. The molecule has 0 aliphatic heterocycles. The fourth-order valence-electron chi connectivity index (χ4n) is 2.60. The van der Waals surface area contributed by atoms with E-state index in [1.54, 1.807) is 50.5 Å². The lowest BCUT2D eigenvalue weighted by molar-refractivity contribution is -0.145. The molecule has 156 valence electrons. The summed E-state index contributed by atoms with van der Waals surface area (Å²) in [5.74, 6) is -2.07. The van der Waals surface area contributed by atoms with Crippen molar-refractivity contribution in [3.05, 3.63) is 59.9 Å². The lowest BCUT2D eigenvalue weighted by Crippen LogP contribution is -2.22. The second-order valence-corrected chi connectivity index (χ2v) is 7.45. The normalized spacial score (nSPS) is 11.4. The number of nitrogens with zero attached hydrogens (tertiary/aromatic N) is 3. The molecule has 0 spiro atoms. The van der Waals surface area contributed by atoms with Crippen molar-refractivity contribution < 1.29 is 22.8 Å². The first-order valence-corrected chi connectivity index (χ1v) is 9.72. The molecule has 1 heterocycles. The van der Waals surface area contributed by atoms with E-state index in [0.29, 0.717) is 16.6 Å². The van der Waals surface area contributed by atoms with E-state index >= 15 is 0 Å². The van der Waals surface area contributed by atoms with Gasteiger partial charge >= 0.3 is 6.18 Å². The second-order valence-electron chi connectivity index (χ2n) is 6.48. The van der Waals surface area contributed by atoms with Gasteiger partial charge in [0.2, 0.25) is 11.7 Å². The first-order valence-electron chi connectivity index (χ1n) is 8.73. The third-order valence-corrected chi connectivity index (χ3v) is 4.95. The number of halogens is 3. The molecule has 0 atom stereocenters. The lowest BCUT2D eigenvalue weighted by atomic mass is 10.2. The first kappa shape index (κ1) is 21.6. The minimum absolute atomic E-state index is 0.0691. The molecule has 10 heteroatoms. The Morgan fingerprint density at radius 2 is 1.80 bits per heavy atom. The van der Waals surface area contributed by atoms with E-state index in [-0.39, 0.29) is 22.2 Å². The minimum atomic E-state index is -4.69. The quantitative estimate of drug-likeness (QED) is 0.484. The number of hydrogen-bond donors (Lipinski definition) is 1. The summed E-state index contributed by atoms with van der Waals surface area (Å²) in [6, 6.07) is 12.7. The number of fused-ring (bicyclic) bond motifs is 1. The summed E-state index contributed by atoms with van der Waals surface area (Å²) in [4.78, 5) is 32.9. The highest BCUT2D eigenvalue weighted by Gasteiger charge is 2.35. The number of carbonyl (C=O) groups is 2. The van der Waals surface area contributed by atoms with Gasteiger partial charge in [-0.3, -0.25) is 9.59 Å². The van der Waals surface area contributed by atoms with Gasteiger partial charge in [0.1, 0.15) is 5.03 Å². The molecule has 0 saturated carbocycles. The number of para-hydroxylation sites is 1. The Kier molecular flexibility index (Phi) is 6.25. The first-order chi connectivity index (χ1) is 14.1. The van der Waals surface area contributed by atoms with E-state index in [4.69, 9.17) is 0 Å². The van der Waals surface area contributed by atoms with Crippen molar-refractivity contribution in [2.24, 2.45) is 0 Å². The van der Waals surface area contributed by atoms with Crippen LogP contribution in [-0.4, -0.2) is 46.5 Å². The summed E-state index contributed by atoms with van der Waals surface area (Å²) in [7, 11) is 3.23. The lowest BCUT2D eigenvalue weighted by Gasteiger charge is -2.12. The van der Waals surface area contributed by atoms with Crippen molar-refractivity contribution >= 4 is 40.2 Å². The number of amides is 2. The van der Waals surface area contributed by atoms with Crippen molar-refractivity contribution in [3.8, 4) is 0 Å². The summed E-state index contributed by atoms with van der Waals surface area (Å²) >= 11 is 0.885. The topological polar surface area (TPSA) is 75.2 Å². The van der Waals surface area contributed by atoms with Crippen molar-refractivity contribution in [2.75, 3.05) is 25.2 Å². The van der Waals surface area contributed by atoms with Gasteiger partial charge < -0.3 is 10.2 Å². The molecule has 0 unspecified atom stereocenters. The molecular weight excluding hydrogens is 417 g/mol. The Labute approximate surface area is 174 Å². The van der Waals surface area contributed by atoms with E-state index in [9.17, 15) is 22.8 Å². The number of nitrogens with one attached hydrogen (secondary N) is 1. The number of alkyl halides is 3. The van der Waals surface area contributed by atoms with Gasteiger partial charge in [0, 0.05) is 30.7 Å². The van der Waals surface area contributed by atoms with Gasteiger partial charge in [-0.25, -0.2) is 9.97 Å². The molecule has 2 amide bonds. The Hall–Kier alpha value is -3.14. The van der Waals surface area contributed by atoms with E-state index in [0.717, 1.165) is 11.8 Å². The van der Waals surface area contributed by atoms with Crippen LogP contribution < -0.4 is 5.32 Å². The predicted octanol–water partition coefficient (Wildman–Crippen LogP) is 4.08. The maximum absolute atomic E-state index is 13.1. The maximum atomic E-state index is 13.1. The largest absolute Gasteiger partial charge is 0.451 e. The Morgan fingerprint density at radius 1 is 1.07 bits per heavy atom. The molecule has 0 aliphatic carbocycles. The summed E-state index contributed by atoms with van der Waals surface area (Å²) in [6.07, 6.45) is -4.69. The molecule has 0 saturated heterocycles. The highest BCUT2D eigenvalue weighted by Crippen LogP contribution is 2.32. The molecule has 1 N–H and O–H groups in total. The third kappa shape index (κ3) is 5.07. The van der Waals surface area contributed by atoms with Crippen LogP contribution in [0, 0.1) is 0 Å². The minimum Gasteiger partial charge on any atom is -0.345 e. The zero-order chi connectivity index (χ0) is 21.9. The average Bonchev–Trinajstić information content (AvgIpc) is 2.70. The predicted molar refractivity (Wildman–Crippen MR) is 108 cm³/mol. The molecule has 0 aliphatic rings. The summed E-state index contributed by atoms with van der Waals surface area (Å²) in [5, 5.41) is 3.14. The molecule has 0 bridgehead atoms. The van der Waals surface area contributed by atoms with Gasteiger partial charge in [0.15, 0.2) is 0 Å². The maximum Gasteiger partial charge on any atom is 0.451 e. The van der Waals surface area contributed by atoms with Crippen molar-refractivity contribution in [3.63, 3.8) is 0 Å². The smallest absolute Gasteiger partial charge is 0.345 e. The summed E-state index contributed by atoms with van der Waals surface area (Å²) in [6.45, 7) is 0.